The van der Waals surface area contributed by atoms with Crippen molar-refractivity contribution in [2.75, 3.05) is 11.4 Å². The first kappa shape index (κ1) is 13.4. The van der Waals surface area contributed by atoms with E-state index in [0.29, 0.717) is 17.7 Å². The van der Waals surface area contributed by atoms with Gasteiger partial charge in [-0.05, 0) is 30.4 Å². The fraction of sp³-hybridized carbons (Fsp3) is 0.308. The average molecular weight is 307 g/mol. The van der Waals surface area contributed by atoms with Crippen LogP contribution in [0.2, 0.25) is 0 Å². The number of amides is 1. The second-order valence-corrected chi connectivity index (χ2v) is 6.63. The van der Waals surface area contributed by atoms with Crippen LogP contribution in [0.25, 0.3) is 11.0 Å². The molecular formula is C13H13N3O2S2. The highest BCUT2D eigenvalue weighted by atomic mass is 32.2. The number of nitrogens with one attached hydrogen (secondary N) is 2. The Morgan fingerprint density at radius 2 is 2.15 bits per heavy atom. The number of aromatic amines is 2. The second-order valence-electron chi connectivity index (χ2n) is 4.75. The van der Waals surface area contributed by atoms with Crippen LogP contribution >= 0.6 is 24.0 Å². The summed E-state index contributed by atoms with van der Waals surface area (Å²) < 4.78 is 0.565. The number of hydrogen-bond donors (Lipinski definition) is 2. The maximum Gasteiger partial charge on any atom is 0.228 e. The van der Waals surface area contributed by atoms with Gasteiger partial charge in [0.2, 0.25) is 5.91 Å². The summed E-state index contributed by atoms with van der Waals surface area (Å²) in [5, 5.41) is 0.0928. The second kappa shape index (κ2) is 5.06. The van der Waals surface area contributed by atoms with Gasteiger partial charge in [0.05, 0.1) is 11.0 Å². The first-order chi connectivity index (χ1) is 9.52. The normalized spacial score (nSPS) is 18.9. The quantitative estimate of drug-likeness (QED) is 0.837. The van der Waals surface area contributed by atoms with Crippen molar-refractivity contribution in [2.24, 2.45) is 0 Å². The van der Waals surface area contributed by atoms with Crippen molar-refractivity contribution in [3.8, 4) is 0 Å². The van der Waals surface area contributed by atoms with Gasteiger partial charge in [-0.25, -0.2) is 0 Å². The predicted octanol–water partition coefficient (Wildman–Crippen LogP) is 2.61. The van der Waals surface area contributed by atoms with Gasteiger partial charge in [-0.15, -0.1) is 0 Å². The van der Waals surface area contributed by atoms with Crippen LogP contribution in [0.1, 0.15) is 13.3 Å². The molecule has 0 radical (unpaired) electrons. The van der Waals surface area contributed by atoms with Gasteiger partial charge in [-0.2, -0.15) is 0 Å². The standard InChI is InChI=1S/C13H13N3O2S2/c1-7(17)20-9-5-12(18)16(6-9)8-2-3-10-11(4-8)15-13(19)14-10/h2-4,9H,5-6H2,1H3,(H2,14,15,19). The Kier molecular flexibility index (Phi) is 3.39. The summed E-state index contributed by atoms with van der Waals surface area (Å²) in [7, 11) is 0. The van der Waals surface area contributed by atoms with Crippen molar-refractivity contribution in [1.29, 1.82) is 0 Å². The SMILES string of the molecule is CC(=O)SC1CC(=O)N(c2ccc3[nH]c(=S)[nH]c3c2)C1. The predicted molar refractivity (Wildman–Crippen MR) is 82.5 cm³/mol. The number of hydrogen-bond acceptors (Lipinski definition) is 4. The molecule has 0 aliphatic carbocycles. The summed E-state index contributed by atoms with van der Waals surface area (Å²) in [5.41, 5.74) is 2.63. The molecule has 1 unspecified atom stereocenters. The third kappa shape index (κ3) is 2.51. The largest absolute Gasteiger partial charge is 0.331 e. The summed E-state index contributed by atoms with van der Waals surface area (Å²) in [6, 6.07) is 5.69. The highest BCUT2D eigenvalue weighted by Gasteiger charge is 2.31. The van der Waals surface area contributed by atoms with Gasteiger partial charge >= 0.3 is 0 Å². The number of anilines is 1. The van der Waals surface area contributed by atoms with Crippen molar-refractivity contribution in [3.05, 3.63) is 23.0 Å². The molecule has 5 nitrogen and oxygen atoms in total. The van der Waals surface area contributed by atoms with E-state index in [9.17, 15) is 9.59 Å². The van der Waals surface area contributed by atoms with Gasteiger partial charge in [-0.3, -0.25) is 9.59 Å². The van der Waals surface area contributed by atoms with Crippen molar-refractivity contribution in [1.82, 2.24) is 9.97 Å². The molecule has 0 bridgehead atoms. The maximum absolute atomic E-state index is 12.1. The molecule has 1 fully saturated rings. The van der Waals surface area contributed by atoms with Gasteiger partial charge < -0.3 is 14.9 Å². The molecule has 3 rings (SSSR count). The van der Waals surface area contributed by atoms with E-state index in [1.807, 2.05) is 18.2 Å². The monoisotopic (exact) mass is 307 g/mol. The number of rotatable bonds is 2. The third-order valence-corrected chi connectivity index (χ3v) is 4.42. The van der Waals surface area contributed by atoms with Crippen LogP contribution in [0.4, 0.5) is 5.69 Å². The minimum absolute atomic E-state index is 0.0421. The summed E-state index contributed by atoms with van der Waals surface area (Å²) >= 11 is 6.29. The molecule has 1 atom stereocenters. The van der Waals surface area contributed by atoms with Crippen molar-refractivity contribution < 1.29 is 9.59 Å². The number of carbonyl (C=O) groups excluding carboxylic acids is 2. The Morgan fingerprint density at radius 1 is 1.40 bits per heavy atom. The number of H-pyrrole nitrogens is 2. The summed E-state index contributed by atoms with van der Waals surface area (Å²) in [5.74, 6) is 0.0530. The van der Waals surface area contributed by atoms with Gasteiger partial charge in [-0.1, -0.05) is 11.8 Å². The molecule has 104 valence electrons. The van der Waals surface area contributed by atoms with Crippen molar-refractivity contribution in [2.45, 2.75) is 18.6 Å². The number of fused-ring (bicyclic) bond motifs is 1. The Morgan fingerprint density at radius 3 is 2.90 bits per heavy atom. The molecule has 1 saturated heterocycles. The molecule has 1 aromatic carbocycles. The van der Waals surface area contributed by atoms with E-state index in [2.05, 4.69) is 9.97 Å². The number of aromatic nitrogens is 2. The number of thioether (sulfide) groups is 1. The summed E-state index contributed by atoms with van der Waals surface area (Å²) in [6.45, 7) is 2.10. The van der Waals surface area contributed by atoms with Crippen LogP contribution in [0.5, 0.6) is 0 Å². The van der Waals surface area contributed by atoms with E-state index in [0.717, 1.165) is 16.7 Å². The highest BCUT2D eigenvalue weighted by molar-refractivity contribution is 8.14. The molecule has 0 saturated carbocycles. The maximum atomic E-state index is 12.1. The molecule has 1 amide bonds. The van der Waals surface area contributed by atoms with Gasteiger partial charge in [0.25, 0.3) is 0 Å². The molecule has 1 aromatic heterocycles. The molecule has 7 heteroatoms. The van der Waals surface area contributed by atoms with E-state index >= 15 is 0 Å². The lowest BCUT2D eigenvalue weighted by atomic mass is 10.2. The number of benzene rings is 1. The van der Waals surface area contributed by atoms with Crippen LogP contribution in [0.3, 0.4) is 0 Å². The first-order valence-corrected chi connectivity index (χ1v) is 7.51. The minimum atomic E-state index is 0.0421. The van der Waals surface area contributed by atoms with E-state index in [4.69, 9.17) is 12.2 Å². The molecular weight excluding hydrogens is 294 g/mol. The third-order valence-electron chi connectivity index (χ3n) is 3.23. The first-order valence-electron chi connectivity index (χ1n) is 6.22. The Bertz CT molecular complexity index is 749. The summed E-state index contributed by atoms with van der Waals surface area (Å²) in [6.07, 6.45) is 0.408. The fourth-order valence-corrected chi connectivity index (χ4v) is 3.57. The van der Waals surface area contributed by atoms with E-state index in [1.165, 1.54) is 18.7 Å². The molecule has 1 aliphatic heterocycles. The Balaban J connectivity index is 1.88. The highest BCUT2D eigenvalue weighted by Crippen LogP contribution is 2.29. The Hall–Kier alpha value is -1.60. The van der Waals surface area contributed by atoms with Gasteiger partial charge in [0.15, 0.2) is 9.89 Å². The topological polar surface area (TPSA) is 69.0 Å². The molecule has 2 N–H and O–H groups in total. The number of nitrogens with zero attached hydrogens (tertiary/aromatic N) is 1. The minimum Gasteiger partial charge on any atom is -0.331 e. The zero-order valence-electron chi connectivity index (χ0n) is 10.8. The lowest BCUT2D eigenvalue weighted by Gasteiger charge is -2.16. The zero-order valence-corrected chi connectivity index (χ0v) is 12.4. The van der Waals surface area contributed by atoms with Gasteiger partial charge in [0, 0.05) is 30.8 Å². The summed E-state index contributed by atoms with van der Waals surface area (Å²) in [4.78, 5) is 31.0. The van der Waals surface area contributed by atoms with Crippen LogP contribution in [-0.2, 0) is 9.59 Å². The van der Waals surface area contributed by atoms with E-state index < -0.39 is 0 Å². The molecule has 2 heterocycles. The Labute approximate surface area is 124 Å². The van der Waals surface area contributed by atoms with Crippen LogP contribution < -0.4 is 4.90 Å². The number of carbonyl (C=O) groups is 2. The lowest BCUT2D eigenvalue weighted by Crippen LogP contribution is -2.24. The van der Waals surface area contributed by atoms with Crippen LogP contribution in [0, 0.1) is 4.77 Å². The fourth-order valence-electron chi connectivity index (χ4n) is 2.43. The molecule has 20 heavy (non-hydrogen) atoms. The van der Waals surface area contributed by atoms with E-state index in [1.54, 1.807) is 4.90 Å². The van der Waals surface area contributed by atoms with Crippen LogP contribution in [0.15, 0.2) is 18.2 Å². The molecule has 2 aromatic rings. The number of imidazole rings is 1. The lowest BCUT2D eigenvalue weighted by molar-refractivity contribution is -0.117. The molecule has 0 spiro atoms. The van der Waals surface area contributed by atoms with E-state index in [-0.39, 0.29) is 16.3 Å². The van der Waals surface area contributed by atoms with Crippen molar-refractivity contribution >= 4 is 51.7 Å². The van der Waals surface area contributed by atoms with Crippen LogP contribution in [-0.4, -0.2) is 32.8 Å². The molecule has 1 aliphatic rings. The van der Waals surface area contributed by atoms with Gasteiger partial charge in [0.1, 0.15) is 0 Å². The zero-order chi connectivity index (χ0) is 14.3. The smallest absolute Gasteiger partial charge is 0.228 e. The average Bonchev–Trinajstić information content (AvgIpc) is 2.89. The van der Waals surface area contributed by atoms with Crippen molar-refractivity contribution in [3.63, 3.8) is 0 Å².